The van der Waals surface area contributed by atoms with Crippen LogP contribution in [0.1, 0.15) is 16.0 Å². The van der Waals surface area contributed by atoms with Gasteiger partial charge in [-0.1, -0.05) is 92.5 Å². The van der Waals surface area contributed by atoms with Crippen LogP contribution in [-0.4, -0.2) is 17.3 Å². The predicted molar refractivity (Wildman–Crippen MR) is 94.0 cm³/mol. The number of nitrogens with one attached hydrogen (secondary N) is 1. The first kappa shape index (κ1) is 16.2. The van der Waals surface area contributed by atoms with Gasteiger partial charge in [0.2, 0.25) is 5.91 Å². The van der Waals surface area contributed by atoms with Gasteiger partial charge in [0, 0.05) is 6.54 Å². The zero-order chi connectivity index (χ0) is 15.1. The Morgan fingerprint density at radius 1 is 0.952 bits per heavy atom. The first-order chi connectivity index (χ1) is 10.2. The monoisotopic (exact) mass is 409 g/mol. The van der Waals surface area contributed by atoms with Crippen LogP contribution in [0.4, 0.5) is 0 Å². The Labute approximate surface area is 142 Å². The molecule has 2 atom stereocenters. The Balaban J connectivity index is 1.82. The Bertz CT molecular complexity index is 560. The van der Waals surface area contributed by atoms with Crippen LogP contribution >= 0.6 is 31.9 Å². The summed E-state index contributed by atoms with van der Waals surface area (Å²) in [7, 11) is 0. The fourth-order valence-electron chi connectivity index (χ4n) is 2.01. The summed E-state index contributed by atoms with van der Waals surface area (Å²) in [5, 5.41) is 2.97. The second-order valence-corrected chi connectivity index (χ2v) is 6.71. The van der Waals surface area contributed by atoms with E-state index in [0.717, 1.165) is 12.0 Å². The zero-order valence-electron chi connectivity index (χ0n) is 11.5. The second-order valence-electron chi connectivity index (χ2n) is 4.74. The summed E-state index contributed by atoms with van der Waals surface area (Å²) in [4.78, 5) is 11.8. The van der Waals surface area contributed by atoms with Crippen LogP contribution in [0, 0.1) is 0 Å². The topological polar surface area (TPSA) is 29.1 Å². The van der Waals surface area contributed by atoms with Crippen molar-refractivity contribution in [1.29, 1.82) is 0 Å². The number of carbonyl (C=O) groups is 1. The van der Waals surface area contributed by atoms with E-state index >= 15 is 0 Å². The van der Waals surface area contributed by atoms with Crippen LogP contribution in [0.5, 0.6) is 0 Å². The SMILES string of the molecule is O=C(NCCc1ccccc1)[C@@H](Br)[C@@H](Br)c1ccccc1. The average Bonchev–Trinajstić information content (AvgIpc) is 2.55. The normalized spacial score (nSPS) is 13.4. The van der Waals surface area contributed by atoms with Crippen LogP contribution in [0.25, 0.3) is 0 Å². The average molecular weight is 411 g/mol. The molecule has 0 aromatic heterocycles. The van der Waals surface area contributed by atoms with E-state index in [9.17, 15) is 4.79 Å². The van der Waals surface area contributed by atoms with Gasteiger partial charge >= 0.3 is 0 Å². The van der Waals surface area contributed by atoms with Gasteiger partial charge in [-0.15, -0.1) is 0 Å². The van der Waals surface area contributed by atoms with E-state index in [-0.39, 0.29) is 15.6 Å². The van der Waals surface area contributed by atoms with Crippen molar-refractivity contribution in [2.24, 2.45) is 0 Å². The summed E-state index contributed by atoms with van der Waals surface area (Å²) in [6, 6.07) is 20.0. The molecule has 0 saturated carbocycles. The molecule has 0 fully saturated rings. The molecule has 0 saturated heterocycles. The summed E-state index contributed by atoms with van der Waals surface area (Å²) in [6.45, 7) is 0.638. The zero-order valence-corrected chi connectivity index (χ0v) is 14.7. The van der Waals surface area contributed by atoms with Crippen molar-refractivity contribution in [3.8, 4) is 0 Å². The molecule has 0 aliphatic heterocycles. The number of alkyl halides is 2. The smallest absolute Gasteiger partial charge is 0.235 e. The fraction of sp³-hybridized carbons (Fsp3) is 0.235. The van der Waals surface area contributed by atoms with Crippen molar-refractivity contribution in [3.05, 3.63) is 71.8 Å². The van der Waals surface area contributed by atoms with Gasteiger partial charge in [-0.05, 0) is 17.5 Å². The van der Waals surface area contributed by atoms with Crippen LogP contribution in [0.15, 0.2) is 60.7 Å². The van der Waals surface area contributed by atoms with E-state index in [1.54, 1.807) is 0 Å². The quantitative estimate of drug-likeness (QED) is 0.708. The number of carbonyl (C=O) groups excluding carboxylic acids is 1. The molecule has 21 heavy (non-hydrogen) atoms. The summed E-state index contributed by atoms with van der Waals surface area (Å²) in [5.41, 5.74) is 2.31. The standard InChI is InChI=1S/C17H17Br2NO/c18-15(14-9-5-2-6-10-14)16(19)17(21)20-12-11-13-7-3-1-4-8-13/h1-10,15-16H,11-12H2,(H,20,21)/t15-,16-/m0/s1. The molecule has 1 amide bonds. The molecule has 2 rings (SSSR count). The first-order valence-electron chi connectivity index (χ1n) is 6.83. The van der Waals surface area contributed by atoms with Crippen molar-refractivity contribution in [2.45, 2.75) is 16.1 Å². The van der Waals surface area contributed by atoms with Crippen molar-refractivity contribution in [3.63, 3.8) is 0 Å². The Morgan fingerprint density at radius 2 is 1.52 bits per heavy atom. The lowest BCUT2D eigenvalue weighted by Crippen LogP contribution is -2.34. The maximum Gasteiger partial charge on any atom is 0.235 e. The van der Waals surface area contributed by atoms with Gasteiger partial charge in [-0.3, -0.25) is 4.79 Å². The highest BCUT2D eigenvalue weighted by Crippen LogP contribution is 2.31. The maximum atomic E-state index is 12.2. The van der Waals surface area contributed by atoms with Gasteiger partial charge < -0.3 is 5.32 Å². The van der Waals surface area contributed by atoms with E-state index in [1.807, 2.05) is 48.5 Å². The van der Waals surface area contributed by atoms with Gasteiger partial charge in [0.15, 0.2) is 0 Å². The van der Waals surface area contributed by atoms with Gasteiger partial charge in [-0.25, -0.2) is 0 Å². The minimum absolute atomic E-state index is 0.00309. The van der Waals surface area contributed by atoms with Gasteiger partial charge in [0.25, 0.3) is 0 Å². The molecule has 0 spiro atoms. The van der Waals surface area contributed by atoms with Crippen molar-refractivity contribution >= 4 is 37.8 Å². The molecule has 0 unspecified atom stereocenters. The Morgan fingerprint density at radius 3 is 2.14 bits per heavy atom. The van der Waals surface area contributed by atoms with Crippen molar-refractivity contribution in [2.75, 3.05) is 6.54 Å². The van der Waals surface area contributed by atoms with Gasteiger partial charge in [-0.2, -0.15) is 0 Å². The van der Waals surface area contributed by atoms with E-state index in [2.05, 4.69) is 49.3 Å². The summed E-state index contributed by atoms with van der Waals surface area (Å²) in [5.74, 6) is -0.00309. The predicted octanol–water partition coefficient (Wildman–Crippen LogP) is 4.25. The third kappa shape index (κ3) is 4.97. The summed E-state index contributed by atoms with van der Waals surface area (Å²) in [6.07, 6.45) is 0.838. The van der Waals surface area contributed by atoms with Crippen molar-refractivity contribution < 1.29 is 4.79 Å². The minimum Gasteiger partial charge on any atom is -0.355 e. The molecule has 2 nitrogen and oxygen atoms in total. The summed E-state index contributed by atoms with van der Waals surface area (Å²) < 4.78 is 0. The molecule has 2 aromatic carbocycles. The maximum absolute atomic E-state index is 12.2. The third-order valence-electron chi connectivity index (χ3n) is 3.18. The molecule has 0 heterocycles. The molecular formula is C17H17Br2NO. The fourth-order valence-corrected chi connectivity index (χ4v) is 3.02. The molecule has 4 heteroatoms. The third-order valence-corrected chi connectivity index (χ3v) is 5.89. The summed E-state index contributed by atoms with van der Waals surface area (Å²) >= 11 is 7.05. The Kier molecular flexibility index (Phi) is 6.46. The first-order valence-corrected chi connectivity index (χ1v) is 8.66. The second kappa shape index (κ2) is 8.35. The van der Waals surface area contributed by atoms with E-state index in [0.29, 0.717) is 6.54 Å². The van der Waals surface area contributed by atoms with Gasteiger partial charge in [0.05, 0.1) is 4.83 Å². The largest absolute Gasteiger partial charge is 0.355 e. The molecule has 0 bridgehead atoms. The lowest BCUT2D eigenvalue weighted by Gasteiger charge is -2.17. The van der Waals surface area contributed by atoms with E-state index in [1.165, 1.54) is 5.56 Å². The molecule has 2 aromatic rings. The van der Waals surface area contributed by atoms with Gasteiger partial charge in [0.1, 0.15) is 4.83 Å². The number of hydrogen-bond donors (Lipinski definition) is 1. The Hall–Kier alpha value is -1.13. The highest BCUT2D eigenvalue weighted by molar-refractivity contribution is 9.12. The molecule has 0 aliphatic rings. The number of rotatable bonds is 6. The van der Waals surface area contributed by atoms with Crippen LogP contribution in [0.3, 0.4) is 0 Å². The molecule has 1 N–H and O–H groups in total. The molecule has 0 radical (unpaired) electrons. The number of halogens is 2. The highest BCUT2D eigenvalue weighted by Gasteiger charge is 2.24. The number of benzene rings is 2. The van der Waals surface area contributed by atoms with Crippen LogP contribution in [0.2, 0.25) is 0 Å². The lowest BCUT2D eigenvalue weighted by molar-refractivity contribution is -0.120. The minimum atomic E-state index is -0.296. The molecule has 110 valence electrons. The van der Waals surface area contributed by atoms with Crippen molar-refractivity contribution in [1.82, 2.24) is 5.32 Å². The number of amides is 1. The molecular weight excluding hydrogens is 394 g/mol. The number of hydrogen-bond acceptors (Lipinski definition) is 1. The van der Waals surface area contributed by atoms with E-state index in [4.69, 9.17) is 0 Å². The van der Waals surface area contributed by atoms with E-state index < -0.39 is 0 Å². The lowest BCUT2D eigenvalue weighted by atomic mass is 10.1. The van der Waals surface area contributed by atoms with Crippen LogP contribution < -0.4 is 5.32 Å². The van der Waals surface area contributed by atoms with Crippen LogP contribution in [-0.2, 0) is 11.2 Å². The molecule has 0 aliphatic carbocycles. The highest BCUT2D eigenvalue weighted by atomic mass is 79.9.